The highest BCUT2D eigenvalue weighted by molar-refractivity contribution is 5.80. The minimum atomic E-state index is 0.162. The van der Waals surface area contributed by atoms with Crippen LogP contribution in [0.25, 0.3) is 0 Å². The molecule has 1 atom stereocenters. The molecule has 1 heterocycles. The molecule has 1 fully saturated rings. The lowest BCUT2D eigenvalue weighted by Crippen LogP contribution is -2.38. The third-order valence-corrected chi connectivity index (χ3v) is 1.82. The van der Waals surface area contributed by atoms with Gasteiger partial charge in [0, 0.05) is 7.11 Å². The Bertz CT molecular complexity index is 149. The minimum absolute atomic E-state index is 0.162. The SMILES string of the molecule is COCC(C)N1CNCC1=O. The van der Waals surface area contributed by atoms with Crippen LogP contribution in [-0.2, 0) is 9.53 Å². The lowest BCUT2D eigenvalue weighted by Gasteiger charge is -2.22. The van der Waals surface area contributed by atoms with Crippen molar-refractivity contribution in [1.82, 2.24) is 10.2 Å². The highest BCUT2D eigenvalue weighted by Gasteiger charge is 2.23. The van der Waals surface area contributed by atoms with Crippen molar-refractivity contribution < 1.29 is 9.53 Å². The zero-order chi connectivity index (χ0) is 8.27. The van der Waals surface area contributed by atoms with E-state index < -0.39 is 0 Å². The van der Waals surface area contributed by atoms with Crippen molar-refractivity contribution in [3.63, 3.8) is 0 Å². The van der Waals surface area contributed by atoms with Crippen LogP contribution in [0.4, 0.5) is 0 Å². The lowest BCUT2D eigenvalue weighted by atomic mass is 10.3. The molecule has 0 aliphatic carbocycles. The van der Waals surface area contributed by atoms with Gasteiger partial charge in [0.2, 0.25) is 5.91 Å². The Balaban J connectivity index is 2.39. The van der Waals surface area contributed by atoms with Gasteiger partial charge in [-0.3, -0.25) is 10.1 Å². The maximum absolute atomic E-state index is 11.1. The predicted molar refractivity (Wildman–Crippen MR) is 41.1 cm³/mol. The van der Waals surface area contributed by atoms with Crippen molar-refractivity contribution in [2.45, 2.75) is 13.0 Å². The third kappa shape index (κ3) is 1.91. The number of ether oxygens (including phenoxy) is 1. The fourth-order valence-corrected chi connectivity index (χ4v) is 1.21. The van der Waals surface area contributed by atoms with Crippen molar-refractivity contribution >= 4 is 5.91 Å². The summed E-state index contributed by atoms with van der Waals surface area (Å²) >= 11 is 0. The smallest absolute Gasteiger partial charge is 0.237 e. The van der Waals surface area contributed by atoms with Crippen LogP contribution in [0, 0.1) is 0 Å². The Hall–Kier alpha value is -0.610. The molecule has 1 rings (SSSR count). The maximum Gasteiger partial charge on any atom is 0.237 e. The summed E-state index contributed by atoms with van der Waals surface area (Å²) in [7, 11) is 1.64. The molecule has 0 spiro atoms. The summed E-state index contributed by atoms with van der Waals surface area (Å²) in [6.45, 7) is 3.71. The first-order valence-corrected chi connectivity index (χ1v) is 3.75. The fourth-order valence-electron chi connectivity index (χ4n) is 1.21. The van der Waals surface area contributed by atoms with Gasteiger partial charge in [0.1, 0.15) is 0 Å². The molecule has 1 aliphatic rings. The van der Waals surface area contributed by atoms with E-state index in [0.29, 0.717) is 19.8 Å². The molecule has 0 aromatic carbocycles. The number of amides is 1. The fraction of sp³-hybridized carbons (Fsp3) is 0.857. The van der Waals surface area contributed by atoms with Gasteiger partial charge in [0.05, 0.1) is 25.9 Å². The first-order chi connectivity index (χ1) is 5.25. The van der Waals surface area contributed by atoms with Crippen LogP contribution in [-0.4, -0.2) is 43.8 Å². The van der Waals surface area contributed by atoms with E-state index in [1.165, 1.54) is 0 Å². The van der Waals surface area contributed by atoms with Gasteiger partial charge < -0.3 is 9.64 Å². The van der Waals surface area contributed by atoms with Crippen LogP contribution in [0.3, 0.4) is 0 Å². The summed E-state index contributed by atoms with van der Waals surface area (Å²) in [6.07, 6.45) is 0. The van der Waals surface area contributed by atoms with E-state index >= 15 is 0 Å². The number of carbonyl (C=O) groups is 1. The largest absolute Gasteiger partial charge is 0.383 e. The molecule has 1 amide bonds. The molecule has 0 radical (unpaired) electrons. The maximum atomic E-state index is 11.1. The summed E-state index contributed by atoms with van der Waals surface area (Å²) < 4.78 is 4.94. The lowest BCUT2D eigenvalue weighted by molar-refractivity contribution is -0.129. The summed E-state index contributed by atoms with van der Waals surface area (Å²) in [5.41, 5.74) is 0. The summed E-state index contributed by atoms with van der Waals surface area (Å²) in [5, 5.41) is 2.98. The van der Waals surface area contributed by atoms with Crippen molar-refractivity contribution in [3.8, 4) is 0 Å². The number of carbonyl (C=O) groups excluding carboxylic acids is 1. The second-order valence-electron chi connectivity index (χ2n) is 2.75. The molecule has 1 saturated heterocycles. The van der Waals surface area contributed by atoms with Gasteiger partial charge in [0.25, 0.3) is 0 Å². The Kier molecular flexibility index (Phi) is 2.84. The first-order valence-electron chi connectivity index (χ1n) is 3.75. The molecule has 0 saturated carbocycles. The van der Waals surface area contributed by atoms with E-state index in [-0.39, 0.29) is 11.9 Å². The van der Waals surface area contributed by atoms with Crippen molar-refractivity contribution in [1.29, 1.82) is 0 Å². The second-order valence-corrected chi connectivity index (χ2v) is 2.75. The second kappa shape index (κ2) is 3.69. The number of nitrogens with one attached hydrogen (secondary N) is 1. The topological polar surface area (TPSA) is 41.6 Å². The monoisotopic (exact) mass is 158 g/mol. The average Bonchev–Trinajstić information content (AvgIpc) is 2.36. The van der Waals surface area contributed by atoms with Crippen molar-refractivity contribution in [3.05, 3.63) is 0 Å². The van der Waals surface area contributed by atoms with Crippen LogP contribution in [0.15, 0.2) is 0 Å². The molecule has 1 aliphatic heterocycles. The van der Waals surface area contributed by atoms with Crippen LogP contribution in [0.2, 0.25) is 0 Å². The Labute approximate surface area is 66.5 Å². The number of methoxy groups -OCH3 is 1. The van der Waals surface area contributed by atoms with Crippen LogP contribution in [0.5, 0.6) is 0 Å². The van der Waals surface area contributed by atoms with E-state index in [4.69, 9.17) is 4.74 Å². The number of rotatable bonds is 3. The number of hydrogen-bond donors (Lipinski definition) is 1. The summed E-state index contributed by atoms with van der Waals surface area (Å²) in [6, 6.07) is 0.183. The number of nitrogens with zero attached hydrogens (tertiary/aromatic N) is 1. The van der Waals surface area contributed by atoms with E-state index in [9.17, 15) is 4.79 Å². The van der Waals surface area contributed by atoms with Gasteiger partial charge in [-0.25, -0.2) is 0 Å². The molecular weight excluding hydrogens is 144 g/mol. The highest BCUT2D eigenvalue weighted by Crippen LogP contribution is 2.02. The molecule has 64 valence electrons. The van der Waals surface area contributed by atoms with Gasteiger partial charge in [-0.1, -0.05) is 0 Å². The molecule has 0 bridgehead atoms. The Morgan fingerprint density at radius 3 is 3.00 bits per heavy atom. The number of hydrogen-bond acceptors (Lipinski definition) is 3. The van der Waals surface area contributed by atoms with Crippen LogP contribution in [0.1, 0.15) is 6.92 Å². The van der Waals surface area contributed by atoms with Crippen LogP contribution >= 0.6 is 0 Å². The van der Waals surface area contributed by atoms with Gasteiger partial charge in [-0.2, -0.15) is 0 Å². The molecule has 0 aromatic rings. The molecule has 0 aromatic heterocycles. The molecule has 4 nitrogen and oxygen atoms in total. The molecule has 11 heavy (non-hydrogen) atoms. The van der Waals surface area contributed by atoms with Gasteiger partial charge in [-0.15, -0.1) is 0 Å². The standard InChI is InChI=1S/C7H14N2O2/c1-6(4-11-2)9-5-8-3-7(9)10/h6,8H,3-5H2,1-2H3. The van der Waals surface area contributed by atoms with E-state index in [1.807, 2.05) is 6.92 Å². The molecule has 1 unspecified atom stereocenters. The van der Waals surface area contributed by atoms with E-state index in [1.54, 1.807) is 12.0 Å². The minimum Gasteiger partial charge on any atom is -0.383 e. The zero-order valence-electron chi connectivity index (χ0n) is 6.96. The van der Waals surface area contributed by atoms with Gasteiger partial charge in [0.15, 0.2) is 0 Å². The molecule has 1 N–H and O–H groups in total. The first kappa shape index (κ1) is 8.49. The zero-order valence-corrected chi connectivity index (χ0v) is 6.96. The van der Waals surface area contributed by atoms with Gasteiger partial charge >= 0.3 is 0 Å². The summed E-state index contributed by atoms with van der Waals surface area (Å²) in [5.74, 6) is 0.162. The average molecular weight is 158 g/mol. The quantitative estimate of drug-likeness (QED) is 0.597. The molecule has 4 heteroatoms. The summed E-state index contributed by atoms with van der Waals surface area (Å²) in [4.78, 5) is 12.9. The normalized spacial score (nSPS) is 20.9. The van der Waals surface area contributed by atoms with E-state index in [0.717, 1.165) is 0 Å². The predicted octanol–water partition coefficient (Wildman–Crippen LogP) is -0.589. The Morgan fingerprint density at radius 1 is 1.82 bits per heavy atom. The van der Waals surface area contributed by atoms with E-state index in [2.05, 4.69) is 5.32 Å². The van der Waals surface area contributed by atoms with Crippen molar-refractivity contribution in [2.24, 2.45) is 0 Å². The van der Waals surface area contributed by atoms with Gasteiger partial charge in [-0.05, 0) is 6.92 Å². The highest BCUT2D eigenvalue weighted by atomic mass is 16.5. The van der Waals surface area contributed by atoms with Crippen molar-refractivity contribution in [2.75, 3.05) is 26.9 Å². The Morgan fingerprint density at radius 2 is 2.55 bits per heavy atom. The molecular formula is C7H14N2O2. The van der Waals surface area contributed by atoms with Crippen LogP contribution < -0.4 is 5.32 Å². The third-order valence-electron chi connectivity index (χ3n) is 1.82.